The van der Waals surface area contributed by atoms with Gasteiger partial charge in [0.2, 0.25) is 0 Å². The average molecular weight is 304 g/mol. The van der Waals surface area contributed by atoms with E-state index in [1.165, 1.54) is 9.47 Å². The van der Waals surface area contributed by atoms with E-state index in [4.69, 9.17) is 0 Å². The SMILES string of the molecule is Cc1cc2c(c(=O)n1C)C(=O)N(CN1CCN(C)CC1)C2=O. The molecule has 0 aromatic carbocycles. The minimum Gasteiger partial charge on any atom is -0.315 e. The molecule has 1 fully saturated rings. The number of piperazine rings is 1. The number of carbonyl (C=O) groups is 2. The predicted octanol–water partition coefficient (Wildman–Crippen LogP) is -0.505. The third-order valence-corrected chi connectivity index (χ3v) is 4.54. The molecule has 2 aliphatic heterocycles. The molecule has 7 heteroatoms. The fourth-order valence-electron chi connectivity index (χ4n) is 2.89. The minimum atomic E-state index is -0.473. The molecule has 0 aliphatic carbocycles. The molecule has 0 atom stereocenters. The number of amides is 2. The number of fused-ring (bicyclic) bond motifs is 1. The van der Waals surface area contributed by atoms with Crippen molar-refractivity contribution in [1.82, 2.24) is 19.3 Å². The molecule has 1 aromatic heterocycles. The molecular formula is C15H20N4O3. The van der Waals surface area contributed by atoms with E-state index in [1.54, 1.807) is 20.0 Å². The maximum Gasteiger partial charge on any atom is 0.268 e. The Morgan fingerprint density at radius 1 is 1.00 bits per heavy atom. The van der Waals surface area contributed by atoms with Gasteiger partial charge in [-0.1, -0.05) is 0 Å². The van der Waals surface area contributed by atoms with Gasteiger partial charge in [0.05, 0.1) is 12.2 Å². The average Bonchev–Trinajstić information content (AvgIpc) is 2.72. The van der Waals surface area contributed by atoms with Gasteiger partial charge >= 0.3 is 0 Å². The smallest absolute Gasteiger partial charge is 0.268 e. The summed E-state index contributed by atoms with van der Waals surface area (Å²) in [6.45, 7) is 5.43. The second kappa shape index (κ2) is 5.33. The molecular weight excluding hydrogens is 284 g/mol. The fraction of sp³-hybridized carbons (Fsp3) is 0.533. The Kier molecular flexibility index (Phi) is 3.62. The van der Waals surface area contributed by atoms with Crippen LogP contribution in [-0.2, 0) is 7.05 Å². The number of aromatic nitrogens is 1. The summed E-state index contributed by atoms with van der Waals surface area (Å²) in [7, 11) is 3.66. The van der Waals surface area contributed by atoms with Gasteiger partial charge in [-0.15, -0.1) is 0 Å². The van der Waals surface area contributed by atoms with E-state index in [0.29, 0.717) is 5.69 Å². The molecule has 1 aromatic rings. The van der Waals surface area contributed by atoms with E-state index in [0.717, 1.165) is 26.2 Å². The van der Waals surface area contributed by atoms with E-state index in [9.17, 15) is 14.4 Å². The maximum atomic E-state index is 12.5. The van der Waals surface area contributed by atoms with Crippen molar-refractivity contribution >= 4 is 11.8 Å². The number of likely N-dealkylation sites (N-methyl/N-ethyl adjacent to an activating group) is 1. The lowest BCUT2D eigenvalue weighted by Gasteiger charge is -2.34. The summed E-state index contributed by atoms with van der Waals surface area (Å²) in [6.07, 6.45) is 0. The van der Waals surface area contributed by atoms with E-state index < -0.39 is 11.5 Å². The van der Waals surface area contributed by atoms with E-state index >= 15 is 0 Å². The van der Waals surface area contributed by atoms with Crippen LogP contribution in [0.2, 0.25) is 0 Å². The summed E-state index contributed by atoms with van der Waals surface area (Å²) in [5.74, 6) is -0.834. The number of imide groups is 1. The van der Waals surface area contributed by atoms with Gasteiger partial charge in [0.1, 0.15) is 5.56 Å². The Hall–Kier alpha value is -1.99. The van der Waals surface area contributed by atoms with Gasteiger partial charge in [-0.3, -0.25) is 24.2 Å². The number of aryl methyl sites for hydroxylation is 1. The standard InChI is InChI=1S/C15H20N4O3/c1-10-8-11-12(14(21)17(10)3)15(22)19(13(11)20)9-18-6-4-16(2)5-7-18/h8H,4-7,9H2,1-3H3. The highest BCUT2D eigenvalue weighted by Crippen LogP contribution is 2.21. The zero-order valence-corrected chi connectivity index (χ0v) is 13.1. The highest BCUT2D eigenvalue weighted by atomic mass is 16.2. The molecule has 0 radical (unpaired) electrons. The van der Waals surface area contributed by atoms with Crippen LogP contribution in [0.25, 0.3) is 0 Å². The van der Waals surface area contributed by atoms with Crippen LogP contribution in [0.4, 0.5) is 0 Å². The molecule has 3 heterocycles. The van der Waals surface area contributed by atoms with Gasteiger partial charge < -0.3 is 9.47 Å². The van der Waals surface area contributed by atoms with Crippen molar-refractivity contribution in [2.45, 2.75) is 6.92 Å². The summed E-state index contributed by atoms with van der Waals surface area (Å²) >= 11 is 0. The second-order valence-corrected chi connectivity index (χ2v) is 6.04. The lowest BCUT2D eigenvalue weighted by molar-refractivity contribution is 0.0475. The summed E-state index contributed by atoms with van der Waals surface area (Å²) < 4.78 is 1.41. The molecule has 7 nitrogen and oxygen atoms in total. The second-order valence-electron chi connectivity index (χ2n) is 6.04. The first-order valence-corrected chi connectivity index (χ1v) is 7.38. The van der Waals surface area contributed by atoms with Gasteiger partial charge in [-0.2, -0.15) is 0 Å². The monoisotopic (exact) mass is 304 g/mol. The highest BCUT2D eigenvalue weighted by Gasteiger charge is 2.39. The Morgan fingerprint density at radius 3 is 2.27 bits per heavy atom. The summed E-state index contributed by atoms with van der Waals surface area (Å²) in [6, 6.07) is 1.63. The molecule has 118 valence electrons. The third-order valence-electron chi connectivity index (χ3n) is 4.54. The van der Waals surface area contributed by atoms with Crippen LogP contribution in [0.15, 0.2) is 10.9 Å². The number of rotatable bonds is 2. The first-order valence-electron chi connectivity index (χ1n) is 7.38. The molecule has 0 spiro atoms. The molecule has 0 saturated carbocycles. The largest absolute Gasteiger partial charge is 0.315 e. The molecule has 2 aliphatic rings. The van der Waals surface area contributed by atoms with Crippen LogP contribution in [-0.4, -0.2) is 71.0 Å². The Bertz CT molecular complexity index is 701. The molecule has 2 amide bonds. The first kappa shape index (κ1) is 14.9. The van der Waals surface area contributed by atoms with Crippen LogP contribution >= 0.6 is 0 Å². The first-order chi connectivity index (χ1) is 10.4. The van der Waals surface area contributed by atoms with Crippen molar-refractivity contribution in [2.75, 3.05) is 39.9 Å². The molecule has 0 unspecified atom stereocenters. The van der Waals surface area contributed by atoms with E-state index in [1.807, 2.05) is 7.05 Å². The normalized spacial score (nSPS) is 19.9. The van der Waals surface area contributed by atoms with Crippen LogP contribution < -0.4 is 5.56 Å². The van der Waals surface area contributed by atoms with Crippen LogP contribution in [0.5, 0.6) is 0 Å². The predicted molar refractivity (Wildman–Crippen MR) is 80.9 cm³/mol. The molecule has 0 N–H and O–H groups in total. The van der Waals surface area contributed by atoms with Crippen molar-refractivity contribution < 1.29 is 9.59 Å². The number of pyridine rings is 1. The zero-order chi connectivity index (χ0) is 16.0. The van der Waals surface area contributed by atoms with Gasteiger partial charge in [-0.25, -0.2) is 0 Å². The van der Waals surface area contributed by atoms with Crippen molar-refractivity contribution in [1.29, 1.82) is 0 Å². The number of carbonyl (C=O) groups excluding carboxylic acids is 2. The van der Waals surface area contributed by atoms with Gasteiger partial charge in [0, 0.05) is 38.9 Å². The Balaban J connectivity index is 1.87. The zero-order valence-electron chi connectivity index (χ0n) is 13.1. The quantitative estimate of drug-likeness (QED) is 0.689. The Morgan fingerprint density at radius 2 is 1.64 bits per heavy atom. The van der Waals surface area contributed by atoms with Gasteiger partial charge in [0.25, 0.3) is 17.4 Å². The van der Waals surface area contributed by atoms with Crippen LogP contribution in [0.3, 0.4) is 0 Å². The minimum absolute atomic E-state index is 0.00669. The Labute approximate surface area is 128 Å². The van der Waals surface area contributed by atoms with Gasteiger partial charge in [-0.05, 0) is 20.0 Å². The molecule has 3 rings (SSSR count). The van der Waals surface area contributed by atoms with E-state index in [2.05, 4.69) is 9.80 Å². The van der Waals surface area contributed by atoms with Gasteiger partial charge in [0.15, 0.2) is 0 Å². The molecule has 0 bridgehead atoms. The number of hydrogen-bond acceptors (Lipinski definition) is 5. The number of hydrogen-bond donors (Lipinski definition) is 0. The lowest BCUT2D eigenvalue weighted by atomic mass is 10.1. The maximum absolute atomic E-state index is 12.5. The third kappa shape index (κ3) is 2.26. The van der Waals surface area contributed by atoms with Crippen LogP contribution in [0, 0.1) is 6.92 Å². The van der Waals surface area contributed by atoms with Crippen LogP contribution in [0.1, 0.15) is 26.4 Å². The van der Waals surface area contributed by atoms with Crippen molar-refractivity contribution in [3.8, 4) is 0 Å². The molecule has 1 saturated heterocycles. The molecule has 22 heavy (non-hydrogen) atoms. The van der Waals surface area contributed by atoms with Crippen molar-refractivity contribution in [2.24, 2.45) is 7.05 Å². The summed E-state index contributed by atoms with van der Waals surface area (Å²) in [4.78, 5) is 42.7. The summed E-state index contributed by atoms with van der Waals surface area (Å²) in [5.41, 5.74) is 0.521. The van der Waals surface area contributed by atoms with Crippen molar-refractivity contribution in [3.05, 3.63) is 33.2 Å². The summed E-state index contributed by atoms with van der Waals surface area (Å²) in [5, 5.41) is 0. The fourth-order valence-corrected chi connectivity index (χ4v) is 2.89. The highest BCUT2D eigenvalue weighted by molar-refractivity contribution is 6.21. The van der Waals surface area contributed by atoms with Crippen molar-refractivity contribution in [3.63, 3.8) is 0 Å². The number of nitrogens with zero attached hydrogens (tertiary/aromatic N) is 4. The topological polar surface area (TPSA) is 65.9 Å². The van der Waals surface area contributed by atoms with E-state index in [-0.39, 0.29) is 23.7 Å². The lowest BCUT2D eigenvalue weighted by Crippen LogP contribution is -2.50.